The van der Waals surface area contributed by atoms with Gasteiger partial charge in [0.1, 0.15) is 0 Å². The maximum Gasteiger partial charge on any atom is 0.0661 e. The summed E-state index contributed by atoms with van der Waals surface area (Å²) in [5.74, 6) is 0. The second-order valence-corrected chi connectivity index (χ2v) is 4.68. The molecule has 0 bridgehead atoms. The first-order valence-corrected chi connectivity index (χ1v) is 6.17. The largest absolute Gasteiger partial charge is 0.320 e. The molecule has 90 valence electrons. The van der Waals surface area contributed by atoms with Crippen LogP contribution in [0.3, 0.4) is 0 Å². The third-order valence-corrected chi connectivity index (χ3v) is 3.32. The molecule has 1 unspecified atom stereocenters. The summed E-state index contributed by atoms with van der Waals surface area (Å²) in [6.45, 7) is 3.41. The van der Waals surface area contributed by atoms with Crippen molar-refractivity contribution in [3.63, 3.8) is 0 Å². The molecular weight excluding hydrogens is 200 g/mol. The molecule has 1 atom stereocenters. The van der Waals surface area contributed by atoms with Gasteiger partial charge < -0.3 is 10.2 Å². The molecule has 0 aliphatic carbocycles. The minimum Gasteiger partial charge on any atom is -0.320 e. The molecule has 0 radical (unpaired) electrons. The van der Waals surface area contributed by atoms with Crippen molar-refractivity contribution in [2.75, 3.05) is 33.7 Å². The van der Waals surface area contributed by atoms with Gasteiger partial charge in [0.05, 0.1) is 6.04 Å². The van der Waals surface area contributed by atoms with Crippen LogP contribution in [-0.4, -0.2) is 48.4 Å². The van der Waals surface area contributed by atoms with Gasteiger partial charge in [0, 0.05) is 18.4 Å². The van der Waals surface area contributed by atoms with Gasteiger partial charge in [-0.05, 0) is 52.5 Å². The molecule has 0 aromatic carbocycles. The summed E-state index contributed by atoms with van der Waals surface area (Å²) in [5, 5.41) is 7.67. The minimum absolute atomic E-state index is 0.588. The molecule has 2 heterocycles. The number of aromatic nitrogens is 2. The van der Waals surface area contributed by atoms with Gasteiger partial charge >= 0.3 is 0 Å². The summed E-state index contributed by atoms with van der Waals surface area (Å²) in [6.07, 6.45) is 5.48. The van der Waals surface area contributed by atoms with E-state index in [1.54, 1.807) is 0 Å². The fourth-order valence-corrected chi connectivity index (χ4v) is 2.43. The molecule has 4 nitrogen and oxygen atoms in total. The highest BCUT2D eigenvalue weighted by Crippen LogP contribution is 2.21. The van der Waals surface area contributed by atoms with E-state index in [1.807, 2.05) is 13.2 Å². The number of hydrogen-bond donors (Lipinski definition) is 1. The number of aryl methyl sites for hydroxylation is 1. The molecule has 4 heteroatoms. The average molecular weight is 222 g/mol. The highest BCUT2D eigenvalue weighted by molar-refractivity contribution is 5.03. The number of likely N-dealkylation sites (tertiary alicyclic amines) is 1. The molecule has 1 aliphatic heterocycles. The Bertz CT molecular complexity index is 321. The fraction of sp³-hybridized carbons (Fsp3) is 0.750. The van der Waals surface area contributed by atoms with Crippen LogP contribution in [0.1, 0.15) is 24.6 Å². The van der Waals surface area contributed by atoms with E-state index >= 15 is 0 Å². The van der Waals surface area contributed by atoms with E-state index in [-0.39, 0.29) is 0 Å². The van der Waals surface area contributed by atoms with E-state index in [1.165, 1.54) is 25.1 Å². The Hall–Kier alpha value is -0.870. The third-order valence-electron chi connectivity index (χ3n) is 3.32. The Balaban J connectivity index is 1.96. The lowest BCUT2D eigenvalue weighted by atomic mass is 10.2. The first-order valence-electron chi connectivity index (χ1n) is 6.17. The van der Waals surface area contributed by atoms with E-state index < -0.39 is 0 Å². The molecule has 1 aliphatic rings. The molecule has 1 fully saturated rings. The predicted octanol–water partition coefficient (Wildman–Crippen LogP) is 0.912. The molecule has 2 rings (SSSR count). The van der Waals surface area contributed by atoms with Crippen LogP contribution in [0.5, 0.6) is 0 Å². The quantitative estimate of drug-likeness (QED) is 0.752. The van der Waals surface area contributed by atoms with Crippen LogP contribution in [-0.2, 0) is 6.42 Å². The van der Waals surface area contributed by atoms with E-state index in [0.29, 0.717) is 6.04 Å². The highest BCUT2D eigenvalue weighted by atomic mass is 15.3. The van der Waals surface area contributed by atoms with Crippen molar-refractivity contribution in [1.82, 2.24) is 20.0 Å². The zero-order chi connectivity index (χ0) is 11.4. The van der Waals surface area contributed by atoms with Gasteiger partial charge in [0.15, 0.2) is 0 Å². The molecule has 1 saturated heterocycles. The van der Waals surface area contributed by atoms with Crippen molar-refractivity contribution in [2.45, 2.75) is 25.3 Å². The number of nitrogens with zero attached hydrogens (tertiary/aromatic N) is 3. The Morgan fingerprint density at radius 2 is 2.44 bits per heavy atom. The van der Waals surface area contributed by atoms with Crippen LogP contribution < -0.4 is 5.32 Å². The molecular formula is C12H22N4. The van der Waals surface area contributed by atoms with Crippen molar-refractivity contribution in [3.8, 4) is 0 Å². The van der Waals surface area contributed by atoms with E-state index in [4.69, 9.17) is 0 Å². The molecule has 0 saturated carbocycles. The molecule has 16 heavy (non-hydrogen) atoms. The van der Waals surface area contributed by atoms with Crippen molar-refractivity contribution >= 4 is 0 Å². The zero-order valence-electron chi connectivity index (χ0n) is 10.3. The third kappa shape index (κ3) is 2.62. The fourth-order valence-electron chi connectivity index (χ4n) is 2.43. The van der Waals surface area contributed by atoms with Gasteiger partial charge in [0.2, 0.25) is 0 Å². The van der Waals surface area contributed by atoms with Gasteiger partial charge in [-0.15, -0.1) is 0 Å². The lowest BCUT2D eigenvalue weighted by Crippen LogP contribution is -2.19. The lowest BCUT2D eigenvalue weighted by molar-refractivity contribution is 0.377. The monoisotopic (exact) mass is 222 g/mol. The predicted molar refractivity (Wildman–Crippen MR) is 65.6 cm³/mol. The second kappa shape index (κ2) is 5.46. The lowest BCUT2D eigenvalue weighted by Gasteiger charge is -2.14. The Morgan fingerprint density at radius 3 is 3.12 bits per heavy atom. The maximum atomic E-state index is 4.48. The summed E-state index contributed by atoms with van der Waals surface area (Å²) < 4.78 is 2.24. The van der Waals surface area contributed by atoms with Crippen LogP contribution in [0, 0.1) is 0 Å². The van der Waals surface area contributed by atoms with Gasteiger partial charge in [-0.3, -0.25) is 4.68 Å². The second-order valence-electron chi connectivity index (χ2n) is 4.68. The molecule has 1 N–H and O–H groups in total. The number of nitrogens with one attached hydrogen (secondary N) is 1. The van der Waals surface area contributed by atoms with Crippen molar-refractivity contribution < 1.29 is 0 Å². The summed E-state index contributed by atoms with van der Waals surface area (Å²) in [4.78, 5) is 2.38. The number of rotatable bonds is 5. The van der Waals surface area contributed by atoms with Crippen LogP contribution in [0.25, 0.3) is 0 Å². The normalized spacial score (nSPS) is 21.8. The number of likely N-dealkylation sites (N-methyl/N-ethyl adjacent to an activating group) is 1. The topological polar surface area (TPSA) is 33.1 Å². The SMILES string of the molecule is CNCCCc1ccnn1C1CCN(C)C1. The smallest absolute Gasteiger partial charge is 0.0661 e. The summed E-state index contributed by atoms with van der Waals surface area (Å²) >= 11 is 0. The first-order chi connectivity index (χ1) is 7.81. The van der Waals surface area contributed by atoms with Crippen LogP contribution in [0.15, 0.2) is 12.3 Å². The first kappa shape index (κ1) is 11.6. The van der Waals surface area contributed by atoms with Crippen molar-refractivity contribution in [1.29, 1.82) is 0 Å². The minimum atomic E-state index is 0.588. The molecule has 0 amide bonds. The Kier molecular flexibility index (Phi) is 3.96. The van der Waals surface area contributed by atoms with Crippen molar-refractivity contribution in [2.24, 2.45) is 0 Å². The standard InChI is InChI=1S/C12H22N4/c1-13-7-3-4-11-5-8-14-16(11)12-6-9-15(2)10-12/h5,8,12-13H,3-4,6-7,9-10H2,1-2H3. The van der Waals surface area contributed by atoms with Crippen LogP contribution in [0.2, 0.25) is 0 Å². The average Bonchev–Trinajstić information content (AvgIpc) is 2.87. The van der Waals surface area contributed by atoms with Crippen LogP contribution in [0.4, 0.5) is 0 Å². The molecule has 1 aromatic rings. The molecule has 1 aromatic heterocycles. The van der Waals surface area contributed by atoms with Crippen molar-refractivity contribution in [3.05, 3.63) is 18.0 Å². The van der Waals surface area contributed by atoms with Crippen LogP contribution >= 0.6 is 0 Å². The Morgan fingerprint density at radius 1 is 1.56 bits per heavy atom. The van der Waals surface area contributed by atoms with E-state index in [9.17, 15) is 0 Å². The van der Waals surface area contributed by atoms with Gasteiger partial charge in [-0.2, -0.15) is 5.10 Å². The Labute approximate surface area is 97.6 Å². The number of hydrogen-bond acceptors (Lipinski definition) is 3. The van der Waals surface area contributed by atoms with Gasteiger partial charge in [0.25, 0.3) is 0 Å². The van der Waals surface area contributed by atoms with E-state index in [2.05, 4.69) is 33.1 Å². The van der Waals surface area contributed by atoms with E-state index in [0.717, 1.165) is 19.5 Å². The summed E-state index contributed by atoms with van der Waals surface area (Å²) in [6, 6.07) is 2.75. The van der Waals surface area contributed by atoms with Gasteiger partial charge in [-0.25, -0.2) is 0 Å². The maximum absolute atomic E-state index is 4.48. The zero-order valence-corrected chi connectivity index (χ0v) is 10.3. The van der Waals surface area contributed by atoms with Gasteiger partial charge in [-0.1, -0.05) is 0 Å². The summed E-state index contributed by atoms with van der Waals surface area (Å²) in [5.41, 5.74) is 1.38. The molecule has 0 spiro atoms. The highest BCUT2D eigenvalue weighted by Gasteiger charge is 2.22. The summed E-state index contributed by atoms with van der Waals surface area (Å²) in [7, 11) is 4.19.